The molecular formula is C20H23N5O4S. The van der Waals surface area contributed by atoms with E-state index in [0.717, 1.165) is 18.4 Å². The molecule has 3 aromatic rings. The van der Waals surface area contributed by atoms with Crippen LogP contribution in [0.1, 0.15) is 41.7 Å². The van der Waals surface area contributed by atoms with Gasteiger partial charge in [-0.25, -0.2) is 18.1 Å². The Bertz CT molecular complexity index is 1230. The highest BCUT2D eigenvalue weighted by molar-refractivity contribution is 7.92. The zero-order valence-electron chi connectivity index (χ0n) is 17.0. The number of rotatable bonds is 6. The van der Waals surface area contributed by atoms with E-state index in [0.29, 0.717) is 34.5 Å². The summed E-state index contributed by atoms with van der Waals surface area (Å²) in [5.41, 5.74) is 2.85. The standard InChI is InChI=1S/C20H23N5O4S/c1-4-24(30(3,28)29)17-10-16-15(9-14(17)12-5-6-12)19(20(27)21-2)25(23-16)13-7-8-18(26)22-11-13/h7-12H,4-6H2,1-3H3,(H,21,27)(H,22,26). The molecule has 1 saturated carbocycles. The highest BCUT2D eigenvalue weighted by Gasteiger charge is 2.32. The van der Waals surface area contributed by atoms with Gasteiger partial charge >= 0.3 is 0 Å². The van der Waals surface area contributed by atoms with Gasteiger partial charge in [0.2, 0.25) is 15.9 Å². The smallest absolute Gasteiger partial charge is 0.270 e. The molecule has 0 spiro atoms. The van der Waals surface area contributed by atoms with E-state index in [4.69, 9.17) is 0 Å². The number of amides is 1. The highest BCUT2D eigenvalue weighted by Crippen LogP contribution is 2.46. The van der Waals surface area contributed by atoms with Crippen LogP contribution in [0.4, 0.5) is 5.69 Å². The Kier molecular flexibility index (Phi) is 4.89. The molecular weight excluding hydrogens is 406 g/mol. The first-order valence-electron chi connectivity index (χ1n) is 9.66. The van der Waals surface area contributed by atoms with Gasteiger partial charge < -0.3 is 10.4 Å². The molecule has 30 heavy (non-hydrogen) atoms. The fourth-order valence-electron chi connectivity index (χ4n) is 3.69. The number of nitrogens with zero attached hydrogens (tertiary/aromatic N) is 4. The van der Waals surface area contributed by atoms with Gasteiger partial charge in [0, 0.05) is 25.0 Å². The Morgan fingerprint density at radius 1 is 1.33 bits per heavy atom. The number of anilines is 1. The maximum atomic E-state index is 12.7. The van der Waals surface area contributed by atoms with Crippen molar-refractivity contribution in [2.24, 2.45) is 0 Å². The van der Waals surface area contributed by atoms with E-state index >= 15 is 0 Å². The first-order chi connectivity index (χ1) is 14.2. The first-order valence-corrected chi connectivity index (χ1v) is 11.5. The van der Waals surface area contributed by atoms with Crippen LogP contribution in [0.5, 0.6) is 5.88 Å². The molecule has 1 aliphatic carbocycles. The summed E-state index contributed by atoms with van der Waals surface area (Å²) >= 11 is 0. The molecule has 0 saturated heterocycles. The van der Waals surface area contributed by atoms with Crippen LogP contribution in [0, 0.1) is 0 Å². The number of nitrogens with one attached hydrogen (secondary N) is 1. The van der Waals surface area contributed by atoms with E-state index < -0.39 is 10.0 Å². The molecule has 4 rings (SSSR count). The van der Waals surface area contributed by atoms with E-state index in [2.05, 4.69) is 15.4 Å². The van der Waals surface area contributed by atoms with Crippen LogP contribution in [-0.4, -0.2) is 54.0 Å². The first kappa shape index (κ1) is 20.1. The quantitative estimate of drug-likeness (QED) is 0.620. The largest absolute Gasteiger partial charge is 0.493 e. The fourth-order valence-corrected chi connectivity index (χ4v) is 4.67. The topological polar surface area (TPSA) is 117 Å². The van der Waals surface area contributed by atoms with E-state index in [1.54, 1.807) is 26.1 Å². The van der Waals surface area contributed by atoms with Gasteiger partial charge in [0.25, 0.3) is 5.91 Å². The van der Waals surface area contributed by atoms with E-state index in [1.807, 2.05) is 6.07 Å². The molecule has 0 radical (unpaired) electrons. The Labute approximate surface area is 174 Å². The summed E-state index contributed by atoms with van der Waals surface area (Å²) in [5.74, 6) is -0.200. The lowest BCUT2D eigenvalue weighted by atomic mass is 10.0. The maximum absolute atomic E-state index is 12.7. The van der Waals surface area contributed by atoms with Crippen molar-refractivity contribution in [3.05, 3.63) is 41.7 Å². The van der Waals surface area contributed by atoms with Crippen molar-refractivity contribution in [3.8, 4) is 11.6 Å². The number of pyridine rings is 1. The van der Waals surface area contributed by atoms with Gasteiger partial charge in [0.05, 0.1) is 29.3 Å². The third-order valence-corrected chi connectivity index (χ3v) is 6.47. The number of hydrogen-bond donors (Lipinski definition) is 2. The van der Waals surface area contributed by atoms with Crippen molar-refractivity contribution in [3.63, 3.8) is 0 Å². The Morgan fingerprint density at radius 2 is 2.07 bits per heavy atom. The molecule has 10 heteroatoms. The van der Waals surface area contributed by atoms with Crippen molar-refractivity contribution in [2.75, 3.05) is 24.2 Å². The lowest BCUT2D eigenvalue weighted by Crippen LogP contribution is -2.30. The molecule has 1 aliphatic rings. The molecule has 0 atom stereocenters. The van der Waals surface area contributed by atoms with Gasteiger partial charge in [-0.1, -0.05) is 0 Å². The number of carbonyl (C=O) groups is 1. The van der Waals surface area contributed by atoms with Gasteiger partial charge in [0.15, 0.2) is 0 Å². The second-order valence-corrected chi connectivity index (χ2v) is 9.25. The third-order valence-electron chi connectivity index (χ3n) is 5.21. The molecule has 0 unspecified atom stereocenters. The minimum atomic E-state index is -3.46. The number of sulfonamides is 1. The van der Waals surface area contributed by atoms with Gasteiger partial charge in [-0.2, -0.15) is 5.10 Å². The number of aromatic hydroxyl groups is 1. The minimum Gasteiger partial charge on any atom is -0.493 e. The van der Waals surface area contributed by atoms with Crippen LogP contribution in [0.3, 0.4) is 0 Å². The van der Waals surface area contributed by atoms with Gasteiger partial charge in [-0.05, 0) is 49.4 Å². The molecule has 9 nitrogen and oxygen atoms in total. The Balaban J connectivity index is 2.01. The van der Waals surface area contributed by atoms with E-state index in [1.165, 1.54) is 27.5 Å². The van der Waals surface area contributed by atoms with Gasteiger partial charge in [-0.3, -0.25) is 9.10 Å². The Hall–Kier alpha value is -3.14. The summed E-state index contributed by atoms with van der Waals surface area (Å²) in [7, 11) is -1.92. The number of carbonyl (C=O) groups excluding carboxylic acids is 1. The van der Waals surface area contributed by atoms with Crippen molar-refractivity contribution in [1.29, 1.82) is 0 Å². The minimum absolute atomic E-state index is 0.137. The molecule has 0 bridgehead atoms. The molecule has 2 aromatic heterocycles. The van der Waals surface area contributed by atoms with Crippen LogP contribution in [0.2, 0.25) is 0 Å². The Morgan fingerprint density at radius 3 is 2.60 bits per heavy atom. The highest BCUT2D eigenvalue weighted by atomic mass is 32.2. The zero-order chi connectivity index (χ0) is 21.6. The predicted molar refractivity (Wildman–Crippen MR) is 114 cm³/mol. The molecule has 1 fully saturated rings. The summed E-state index contributed by atoms with van der Waals surface area (Å²) in [5, 5.41) is 17.3. The van der Waals surface area contributed by atoms with Crippen LogP contribution in [0.25, 0.3) is 16.6 Å². The monoisotopic (exact) mass is 429 g/mol. The predicted octanol–water partition coefficient (Wildman–Crippen LogP) is 2.15. The van der Waals surface area contributed by atoms with Crippen LogP contribution < -0.4 is 9.62 Å². The van der Waals surface area contributed by atoms with Crippen LogP contribution in [-0.2, 0) is 10.0 Å². The van der Waals surface area contributed by atoms with Crippen LogP contribution >= 0.6 is 0 Å². The third kappa shape index (κ3) is 3.47. The normalized spacial score (nSPS) is 14.1. The summed E-state index contributed by atoms with van der Waals surface area (Å²) in [6, 6.07) is 6.65. The molecule has 2 heterocycles. The zero-order valence-corrected chi connectivity index (χ0v) is 17.8. The number of fused-ring (bicyclic) bond motifs is 1. The maximum Gasteiger partial charge on any atom is 0.270 e. The summed E-state index contributed by atoms with van der Waals surface area (Å²) in [6.07, 6.45) is 4.57. The van der Waals surface area contributed by atoms with Crippen molar-refractivity contribution in [2.45, 2.75) is 25.7 Å². The molecule has 1 aromatic carbocycles. The van der Waals surface area contributed by atoms with Gasteiger partial charge in [0.1, 0.15) is 5.69 Å². The lowest BCUT2D eigenvalue weighted by Gasteiger charge is -2.23. The summed E-state index contributed by atoms with van der Waals surface area (Å²) in [6.45, 7) is 2.09. The molecule has 2 N–H and O–H groups in total. The molecule has 1 amide bonds. The molecule has 0 aliphatic heterocycles. The summed E-state index contributed by atoms with van der Waals surface area (Å²) in [4.78, 5) is 16.6. The second-order valence-electron chi connectivity index (χ2n) is 7.34. The number of aromatic nitrogens is 3. The summed E-state index contributed by atoms with van der Waals surface area (Å²) < 4.78 is 27.6. The second kappa shape index (κ2) is 7.28. The van der Waals surface area contributed by atoms with Gasteiger partial charge in [-0.15, -0.1) is 0 Å². The average molecular weight is 430 g/mol. The number of hydrogen-bond acceptors (Lipinski definition) is 6. The molecule has 158 valence electrons. The lowest BCUT2D eigenvalue weighted by molar-refractivity contribution is 0.0957. The van der Waals surface area contributed by atoms with E-state index in [-0.39, 0.29) is 17.7 Å². The van der Waals surface area contributed by atoms with Crippen LogP contribution in [0.15, 0.2) is 30.5 Å². The van der Waals surface area contributed by atoms with Crippen molar-refractivity contribution < 1.29 is 18.3 Å². The fraction of sp³-hybridized carbons (Fsp3) is 0.350. The van der Waals surface area contributed by atoms with E-state index in [9.17, 15) is 18.3 Å². The average Bonchev–Trinajstić information content (AvgIpc) is 3.47. The number of benzene rings is 1. The van der Waals surface area contributed by atoms with Crippen molar-refractivity contribution in [1.82, 2.24) is 20.1 Å². The SMILES string of the molecule is CCN(c1cc2nn(-c3ccc(O)nc3)c(C(=O)NC)c2cc1C1CC1)S(C)(=O)=O. The van der Waals surface area contributed by atoms with Crippen molar-refractivity contribution >= 4 is 32.5 Å².